The van der Waals surface area contributed by atoms with Crippen LogP contribution in [0.4, 0.5) is 0 Å². The van der Waals surface area contributed by atoms with E-state index in [0.29, 0.717) is 5.75 Å². The third-order valence-electron chi connectivity index (χ3n) is 1.91. The lowest BCUT2D eigenvalue weighted by Crippen LogP contribution is -2.22. The predicted molar refractivity (Wildman–Crippen MR) is 57.3 cm³/mol. The summed E-state index contributed by atoms with van der Waals surface area (Å²) in [7, 11) is -3.24. The van der Waals surface area contributed by atoms with E-state index in [1.54, 1.807) is 0 Å². The Labute approximate surface area is 93.6 Å². The quantitative estimate of drug-likeness (QED) is 0.852. The SMILES string of the molecule is C[C@@H](Oc1ccc(S(C)(=O)=O)cc1)C(=O)O. The van der Waals surface area contributed by atoms with Crippen LogP contribution in [0.15, 0.2) is 29.2 Å². The minimum Gasteiger partial charge on any atom is -0.479 e. The molecule has 1 N–H and O–H groups in total. The standard InChI is InChI=1S/C10H12O5S/c1-7(10(11)12)15-8-3-5-9(6-4-8)16(2,13)14/h3-7H,1-2H3,(H,11,12)/t7-/m1/s1. The van der Waals surface area contributed by atoms with Crippen molar-refractivity contribution in [3.8, 4) is 5.75 Å². The van der Waals surface area contributed by atoms with Crippen molar-refractivity contribution in [3.05, 3.63) is 24.3 Å². The molecule has 0 heterocycles. The molecule has 0 radical (unpaired) electrons. The predicted octanol–water partition coefficient (Wildman–Crippen LogP) is 0.942. The Bertz CT molecular complexity index is 474. The number of aliphatic carboxylic acids is 1. The number of ether oxygens (including phenoxy) is 1. The van der Waals surface area contributed by atoms with Gasteiger partial charge in [-0.2, -0.15) is 0 Å². The van der Waals surface area contributed by atoms with E-state index in [1.807, 2.05) is 0 Å². The van der Waals surface area contributed by atoms with Crippen LogP contribution in [0, 0.1) is 0 Å². The van der Waals surface area contributed by atoms with E-state index < -0.39 is 21.9 Å². The number of benzene rings is 1. The van der Waals surface area contributed by atoms with Gasteiger partial charge in [0.15, 0.2) is 15.9 Å². The molecule has 0 aliphatic carbocycles. The van der Waals surface area contributed by atoms with Crippen molar-refractivity contribution in [1.82, 2.24) is 0 Å². The smallest absolute Gasteiger partial charge is 0.344 e. The Morgan fingerprint density at radius 3 is 2.19 bits per heavy atom. The third-order valence-corrected chi connectivity index (χ3v) is 3.04. The van der Waals surface area contributed by atoms with Gasteiger partial charge in [0.25, 0.3) is 0 Å². The summed E-state index contributed by atoms with van der Waals surface area (Å²) < 4.78 is 27.3. The van der Waals surface area contributed by atoms with Crippen LogP contribution in [0.25, 0.3) is 0 Å². The van der Waals surface area contributed by atoms with Crippen LogP contribution in [-0.2, 0) is 14.6 Å². The van der Waals surface area contributed by atoms with E-state index in [9.17, 15) is 13.2 Å². The average molecular weight is 244 g/mol. The molecule has 1 aromatic carbocycles. The molecule has 0 fully saturated rings. The van der Waals surface area contributed by atoms with Gasteiger partial charge in [-0.25, -0.2) is 13.2 Å². The fourth-order valence-electron chi connectivity index (χ4n) is 1.02. The summed E-state index contributed by atoms with van der Waals surface area (Å²) in [5, 5.41) is 8.61. The van der Waals surface area contributed by atoms with Gasteiger partial charge in [-0.05, 0) is 31.2 Å². The van der Waals surface area contributed by atoms with Gasteiger partial charge < -0.3 is 9.84 Å². The van der Waals surface area contributed by atoms with Crippen LogP contribution in [-0.4, -0.2) is 31.9 Å². The molecule has 5 nitrogen and oxygen atoms in total. The summed E-state index contributed by atoms with van der Waals surface area (Å²) in [6, 6.07) is 5.60. The molecule has 0 amide bonds. The number of rotatable bonds is 4. The van der Waals surface area contributed by atoms with Crippen molar-refractivity contribution in [1.29, 1.82) is 0 Å². The topological polar surface area (TPSA) is 80.7 Å². The molecule has 1 aromatic rings. The first-order chi connectivity index (χ1) is 7.30. The largest absolute Gasteiger partial charge is 0.479 e. The van der Waals surface area contributed by atoms with Crippen LogP contribution < -0.4 is 4.74 Å². The van der Waals surface area contributed by atoms with Crippen molar-refractivity contribution < 1.29 is 23.1 Å². The molecule has 0 aliphatic rings. The highest BCUT2D eigenvalue weighted by molar-refractivity contribution is 7.90. The van der Waals surface area contributed by atoms with Gasteiger partial charge in [-0.3, -0.25) is 0 Å². The summed E-state index contributed by atoms with van der Waals surface area (Å²) in [5.74, 6) is -0.755. The molecule has 88 valence electrons. The first-order valence-corrected chi connectivity index (χ1v) is 6.39. The van der Waals surface area contributed by atoms with Crippen LogP contribution >= 0.6 is 0 Å². The molecule has 0 aliphatic heterocycles. The zero-order valence-electron chi connectivity index (χ0n) is 8.88. The highest BCUT2D eigenvalue weighted by Crippen LogP contribution is 2.16. The summed E-state index contributed by atoms with van der Waals surface area (Å²) in [6.07, 6.45) is 0.131. The lowest BCUT2D eigenvalue weighted by Gasteiger charge is -2.10. The number of hydrogen-bond donors (Lipinski definition) is 1. The number of hydrogen-bond acceptors (Lipinski definition) is 4. The van der Waals surface area contributed by atoms with E-state index in [-0.39, 0.29) is 4.90 Å². The minimum atomic E-state index is -3.24. The molecule has 0 aromatic heterocycles. The molecule has 0 unspecified atom stereocenters. The Morgan fingerprint density at radius 1 is 1.31 bits per heavy atom. The monoisotopic (exact) mass is 244 g/mol. The van der Waals surface area contributed by atoms with Gasteiger partial charge in [-0.1, -0.05) is 0 Å². The highest BCUT2D eigenvalue weighted by atomic mass is 32.2. The molecule has 0 bridgehead atoms. The fraction of sp³-hybridized carbons (Fsp3) is 0.300. The van der Waals surface area contributed by atoms with Crippen LogP contribution in [0.3, 0.4) is 0 Å². The van der Waals surface area contributed by atoms with E-state index in [0.717, 1.165) is 6.26 Å². The van der Waals surface area contributed by atoms with Crippen molar-refractivity contribution in [2.75, 3.05) is 6.26 Å². The fourth-order valence-corrected chi connectivity index (χ4v) is 1.65. The molecule has 6 heteroatoms. The van der Waals surface area contributed by atoms with Gasteiger partial charge in [0.05, 0.1) is 4.90 Å². The van der Waals surface area contributed by atoms with Gasteiger partial charge >= 0.3 is 5.97 Å². The van der Waals surface area contributed by atoms with Gasteiger partial charge in [-0.15, -0.1) is 0 Å². The van der Waals surface area contributed by atoms with E-state index >= 15 is 0 Å². The number of carboxylic acids is 1. The first kappa shape index (κ1) is 12.5. The van der Waals surface area contributed by atoms with E-state index in [2.05, 4.69) is 0 Å². The first-order valence-electron chi connectivity index (χ1n) is 4.50. The lowest BCUT2D eigenvalue weighted by molar-refractivity contribution is -0.144. The van der Waals surface area contributed by atoms with Crippen LogP contribution in [0.1, 0.15) is 6.92 Å². The third kappa shape index (κ3) is 3.23. The Balaban J connectivity index is 2.84. The second-order valence-electron chi connectivity index (χ2n) is 3.34. The highest BCUT2D eigenvalue weighted by Gasteiger charge is 2.13. The molecule has 1 rings (SSSR count). The van der Waals surface area contributed by atoms with Crippen molar-refractivity contribution in [2.45, 2.75) is 17.9 Å². The molecule has 16 heavy (non-hydrogen) atoms. The summed E-state index contributed by atoms with van der Waals surface area (Å²) >= 11 is 0. The molecular weight excluding hydrogens is 232 g/mol. The Morgan fingerprint density at radius 2 is 1.81 bits per heavy atom. The molecule has 0 spiro atoms. The van der Waals surface area contributed by atoms with Crippen molar-refractivity contribution in [2.24, 2.45) is 0 Å². The normalized spacial score (nSPS) is 13.1. The van der Waals surface area contributed by atoms with Crippen molar-refractivity contribution in [3.63, 3.8) is 0 Å². The minimum absolute atomic E-state index is 0.169. The average Bonchev–Trinajstić information content (AvgIpc) is 2.17. The van der Waals surface area contributed by atoms with E-state index in [4.69, 9.17) is 9.84 Å². The van der Waals surface area contributed by atoms with Crippen LogP contribution in [0.2, 0.25) is 0 Å². The maximum Gasteiger partial charge on any atom is 0.344 e. The molecule has 1 atom stereocenters. The van der Waals surface area contributed by atoms with Crippen molar-refractivity contribution >= 4 is 15.8 Å². The lowest BCUT2D eigenvalue weighted by atomic mass is 10.3. The second kappa shape index (κ2) is 4.52. The summed E-state index contributed by atoms with van der Waals surface area (Å²) in [4.78, 5) is 10.7. The van der Waals surface area contributed by atoms with E-state index in [1.165, 1.54) is 31.2 Å². The van der Waals surface area contributed by atoms with Gasteiger partial charge in [0.1, 0.15) is 5.75 Å². The maximum absolute atomic E-state index is 11.1. The summed E-state index contributed by atoms with van der Waals surface area (Å²) in [5.41, 5.74) is 0. The zero-order chi connectivity index (χ0) is 12.3. The second-order valence-corrected chi connectivity index (χ2v) is 5.36. The molecule has 0 saturated carbocycles. The van der Waals surface area contributed by atoms with Gasteiger partial charge in [0, 0.05) is 6.26 Å². The summed E-state index contributed by atoms with van der Waals surface area (Å²) in [6.45, 7) is 1.40. The Hall–Kier alpha value is -1.56. The zero-order valence-corrected chi connectivity index (χ0v) is 9.69. The molecule has 0 saturated heterocycles. The molecular formula is C10H12O5S. The number of sulfone groups is 1. The maximum atomic E-state index is 11.1. The van der Waals surface area contributed by atoms with Crippen LogP contribution in [0.5, 0.6) is 5.75 Å². The number of carbonyl (C=O) groups is 1. The van der Waals surface area contributed by atoms with Gasteiger partial charge in [0.2, 0.25) is 0 Å². The number of carboxylic acid groups (broad SMARTS) is 1. The Kier molecular flexibility index (Phi) is 3.54.